The highest BCUT2D eigenvalue weighted by molar-refractivity contribution is 6.33. The first-order chi connectivity index (χ1) is 9.56. The van der Waals surface area contributed by atoms with Crippen molar-refractivity contribution < 1.29 is 0 Å². The van der Waals surface area contributed by atoms with Crippen LogP contribution in [-0.4, -0.2) is 25.9 Å². The highest BCUT2D eigenvalue weighted by Crippen LogP contribution is 2.54. The standard InChI is InChI=1S/C17H33BN2/c1-4-6-14(2)17(19)12-16(8-10-20-13-16)11-15(17)7-5-9-18-3/h6,15,18,20H,4-5,7-13,19H2,1-3H3/b14-6+. The first-order valence-corrected chi connectivity index (χ1v) is 8.73. The lowest BCUT2D eigenvalue weighted by atomic mass is 9.73. The van der Waals surface area contributed by atoms with Gasteiger partial charge in [0.1, 0.15) is 7.28 Å². The predicted molar refractivity (Wildman–Crippen MR) is 90.7 cm³/mol. The molecule has 3 unspecified atom stereocenters. The Morgan fingerprint density at radius 2 is 2.30 bits per heavy atom. The largest absolute Gasteiger partial charge is 0.321 e. The molecular weight excluding hydrogens is 243 g/mol. The molecular formula is C17H33BN2. The highest BCUT2D eigenvalue weighted by atomic mass is 14.9. The zero-order valence-corrected chi connectivity index (χ0v) is 13.8. The van der Waals surface area contributed by atoms with Crippen LogP contribution in [0.15, 0.2) is 11.6 Å². The van der Waals surface area contributed by atoms with E-state index in [4.69, 9.17) is 5.73 Å². The van der Waals surface area contributed by atoms with Crippen molar-refractivity contribution in [1.82, 2.24) is 5.32 Å². The molecule has 1 heterocycles. The summed E-state index contributed by atoms with van der Waals surface area (Å²) in [5.74, 6) is 0.691. The predicted octanol–water partition coefficient (Wildman–Crippen LogP) is 3.11. The zero-order chi connectivity index (χ0) is 14.6. The van der Waals surface area contributed by atoms with E-state index >= 15 is 0 Å². The van der Waals surface area contributed by atoms with E-state index in [-0.39, 0.29) is 5.54 Å². The second-order valence-corrected chi connectivity index (χ2v) is 7.34. The summed E-state index contributed by atoms with van der Waals surface area (Å²) in [4.78, 5) is 0. The Kier molecular flexibility index (Phi) is 5.36. The molecule has 3 heteroatoms. The molecule has 1 aliphatic heterocycles. The van der Waals surface area contributed by atoms with E-state index in [1.807, 2.05) is 0 Å². The minimum absolute atomic E-state index is 0.0320. The van der Waals surface area contributed by atoms with Gasteiger partial charge < -0.3 is 11.1 Å². The van der Waals surface area contributed by atoms with Crippen molar-refractivity contribution in [3.8, 4) is 0 Å². The molecule has 2 aliphatic rings. The third-order valence-corrected chi connectivity index (χ3v) is 5.81. The van der Waals surface area contributed by atoms with Crippen molar-refractivity contribution in [2.75, 3.05) is 13.1 Å². The molecule has 1 spiro atoms. The lowest BCUT2D eigenvalue weighted by molar-refractivity contribution is 0.313. The number of nitrogens with one attached hydrogen (secondary N) is 1. The maximum atomic E-state index is 6.97. The minimum atomic E-state index is -0.0320. The summed E-state index contributed by atoms with van der Waals surface area (Å²) in [6.07, 6.45) is 11.4. The molecule has 3 N–H and O–H groups in total. The summed E-state index contributed by atoms with van der Waals surface area (Å²) in [6.45, 7) is 9.16. The number of hydrogen-bond acceptors (Lipinski definition) is 2. The lowest BCUT2D eigenvalue weighted by Crippen LogP contribution is -2.45. The Labute approximate surface area is 126 Å². The molecule has 0 radical (unpaired) electrons. The van der Waals surface area contributed by atoms with Crippen LogP contribution in [0.3, 0.4) is 0 Å². The number of nitrogens with two attached hydrogens (primary N) is 1. The molecule has 0 aromatic heterocycles. The summed E-state index contributed by atoms with van der Waals surface area (Å²) in [6, 6.07) is 0. The quantitative estimate of drug-likeness (QED) is 0.444. The van der Waals surface area contributed by atoms with Crippen molar-refractivity contribution in [1.29, 1.82) is 0 Å². The first kappa shape index (κ1) is 16.1. The molecule has 3 atom stereocenters. The minimum Gasteiger partial charge on any atom is -0.321 e. The van der Waals surface area contributed by atoms with Gasteiger partial charge in [0.25, 0.3) is 0 Å². The second-order valence-electron chi connectivity index (χ2n) is 7.34. The molecule has 1 saturated heterocycles. The molecule has 2 nitrogen and oxygen atoms in total. The van der Waals surface area contributed by atoms with Crippen LogP contribution in [0, 0.1) is 11.3 Å². The molecule has 0 aromatic carbocycles. The summed E-state index contributed by atoms with van der Waals surface area (Å²) >= 11 is 0. The summed E-state index contributed by atoms with van der Waals surface area (Å²) in [7, 11) is 1.31. The van der Waals surface area contributed by atoms with Crippen LogP contribution in [0.4, 0.5) is 0 Å². The van der Waals surface area contributed by atoms with E-state index in [1.165, 1.54) is 64.4 Å². The van der Waals surface area contributed by atoms with E-state index in [0.29, 0.717) is 11.3 Å². The van der Waals surface area contributed by atoms with Crippen molar-refractivity contribution in [2.24, 2.45) is 17.1 Å². The fraction of sp³-hybridized carbons (Fsp3) is 0.882. The van der Waals surface area contributed by atoms with Crippen LogP contribution in [0.5, 0.6) is 0 Å². The number of allylic oxidation sites excluding steroid dienone is 1. The molecule has 1 aliphatic carbocycles. The van der Waals surface area contributed by atoms with E-state index in [0.717, 1.165) is 6.42 Å². The van der Waals surface area contributed by atoms with Gasteiger partial charge in [0, 0.05) is 12.1 Å². The number of rotatable bonds is 6. The van der Waals surface area contributed by atoms with Crippen molar-refractivity contribution >= 4 is 7.28 Å². The van der Waals surface area contributed by atoms with Crippen LogP contribution in [0.25, 0.3) is 0 Å². The van der Waals surface area contributed by atoms with Gasteiger partial charge in [-0.25, -0.2) is 0 Å². The van der Waals surface area contributed by atoms with Crippen LogP contribution in [0.2, 0.25) is 13.1 Å². The highest BCUT2D eigenvalue weighted by Gasteiger charge is 2.53. The topological polar surface area (TPSA) is 38.0 Å². The van der Waals surface area contributed by atoms with E-state index in [1.54, 1.807) is 0 Å². The van der Waals surface area contributed by atoms with Crippen LogP contribution < -0.4 is 11.1 Å². The Hall–Kier alpha value is -0.275. The average Bonchev–Trinajstić information content (AvgIpc) is 2.97. The van der Waals surface area contributed by atoms with Crippen LogP contribution in [-0.2, 0) is 0 Å². The van der Waals surface area contributed by atoms with Gasteiger partial charge in [0.15, 0.2) is 0 Å². The van der Waals surface area contributed by atoms with E-state index in [9.17, 15) is 0 Å². The molecule has 0 aromatic rings. The molecule has 2 rings (SSSR count). The molecule has 114 valence electrons. The first-order valence-electron chi connectivity index (χ1n) is 8.73. The van der Waals surface area contributed by atoms with Crippen molar-refractivity contribution in [2.45, 2.75) is 71.1 Å². The van der Waals surface area contributed by atoms with E-state index in [2.05, 4.69) is 32.1 Å². The van der Waals surface area contributed by atoms with Gasteiger partial charge >= 0.3 is 0 Å². The van der Waals surface area contributed by atoms with Crippen molar-refractivity contribution in [3.05, 3.63) is 11.6 Å². The molecule has 2 fully saturated rings. The maximum absolute atomic E-state index is 6.97. The fourth-order valence-electron chi connectivity index (χ4n) is 4.62. The molecule has 0 amide bonds. The number of hydrogen-bond donors (Lipinski definition) is 2. The summed E-state index contributed by atoms with van der Waals surface area (Å²) in [5.41, 5.74) is 8.89. The Balaban J connectivity index is 2.14. The average molecular weight is 276 g/mol. The maximum Gasteiger partial charge on any atom is 0.117 e. The van der Waals surface area contributed by atoms with Gasteiger partial charge in [0.2, 0.25) is 0 Å². The lowest BCUT2D eigenvalue weighted by Gasteiger charge is -2.33. The smallest absolute Gasteiger partial charge is 0.117 e. The fourth-order valence-corrected chi connectivity index (χ4v) is 4.62. The van der Waals surface area contributed by atoms with Gasteiger partial charge in [-0.15, -0.1) is 0 Å². The van der Waals surface area contributed by atoms with Gasteiger partial charge in [-0.3, -0.25) is 0 Å². The molecule has 20 heavy (non-hydrogen) atoms. The molecule has 0 bridgehead atoms. The summed E-state index contributed by atoms with van der Waals surface area (Å²) in [5, 5.41) is 3.58. The third kappa shape index (κ3) is 3.14. The van der Waals surface area contributed by atoms with Crippen molar-refractivity contribution in [3.63, 3.8) is 0 Å². The zero-order valence-electron chi connectivity index (χ0n) is 13.8. The van der Waals surface area contributed by atoms with Crippen LogP contribution >= 0.6 is 0 Å². The normalized spacial score (nSPS) is 37.8. The molecule has 1 saturated carbocycles. The summed E-state index contributed by atoms with van der Waals surface area (Å²) < 4.78 is 0. The monoisotopic (exact) mass is 276 g/mol. The van der Waals surface area contributed by atoms with Gasteiger partial charge in [0.05, 0.1) is 0 Å². The van der Waals surface area contributed by atoms with E-state index < -0.39 is 0 Å². The Bertz CT molecular complexity index is 347. The second kappa shape index (κ2) is 6.66. The Morgan fingerprint density at radius 1 is 1.50 bits per heavy atom. The Morgan fingerprint density at radius 3 is 2.90 bits per heavy atom. The van der Waals surface area contributed by atoms with Crippen LogP contribution in [0.1, 0.15) is 52.4 Å². The third-order valence-electron chi connectivity index (χ3n) is 5.81. The van der Waals surface area contributed by atoms with Gasteiger partial charge in [-0.1, -0.05) is 38.1 Å². The van der Waals surface area contributed by atoms with Gasteiger partial charge in [-0.05, 0) is 56.9 Å². The SMILES string of the molecule is CBCCCC1CC2(CCNC2)CC1(N)/C(C)=C/CC. The van der Waals surface area contributed by atoms with Gasteiger partial charge in [-0.2, -0.15) is 0 Å².